The van der Waals surface area contributed by atoms with Gasteiger partial charge >= 0.3 is 6.09 Å². The molecule has 1 aliphatic carbocycles. The largest absolute Gasteiger partial charge is 0.444 e. The minimum atomic E-state index is -0.416. The highest BCUT2D eigenvalue weighted by Crippen LogP contribution is 2.50. The molecule has 1 aromatic carbocycles. The predicted molar refractivity (Wildman–Crippen MR) is 84.5 cm³/mol. The molecule has 4 nitrogen and oxygen atoms in total. The average molecular weight is 303 g/mol. The van der Waals surface area contributed by atoms with Gasteiger partial charge in [-0.3, -0.25) is 0 Å². The van der Waals surface area contributed by atoms with Crippen LogP contribution in [0.1, 0.15) is 39.2 Å². The van der Waals surface area contributed by atoms with Gasteiger partial charge in [-0.2, -0.15) is 0 Å². The van der Waals surface area contributed by atoms with E-state index in [2.05, 4.69) is 12.1 Å². The van der Waals surface area contributed by atoms with Crippen LogP contribution in [0.4, 0.5) is 4.79 Å². The van der Waals surface area contributed by atoms with Crippen molar-refractivity contribution in [2.24, 2.45) is 5.41 Å². The Morgan fingerprint density at radius 3 is 2.45 bits per heavy atom. The average Bonchev–Trinajstić information content (AvgIpc) is 2.34. The summed E-state index contributed by atoms with van der Waals surface area (Å²) in [7, 11) is 0. The third-order valence-corrected chi connectivity index (χ3v) is 4.35. The molecule has 1 amide bonds. The molecule has 1 aromatic rings. The molecule has 2 fully saturated rings. The van der Waals surface area contributed by atoms with Crippen molar-refractivity contribution < 1.29 is 14.3 Å². The smallest absolute Gasteiger partial charge is 0.410 e. The fraction of sp³-hybridized carbons (Fsp3) is 0.611. The van der Waals surface area contributed by atoms with Gasteiger partial charge in [-0.25, -0.2) is 4.79 Å². The molecule has 1 saturated carbocycles. The molecule has 3 rings (SSSR count). The van der Waals surface area contributed by atoms with Crippen LogP contribution in [-0.4, -0.2) is 35.8 Å². The number of hydrogen-bond acceptors (Lipinski definition) is 3. The van der Waals surface area contributed by atoms with Crippen molar-refractivity contribution in [3.63, 3.8) is 0 Å². The van der Waals surface area contributed by atoms with Crippen molar-refractivity contribution in [3.8, 4) is 0 Å². The summed E-state index contributed by atoms with van der Waals surface area (Å²) in [4.78, 5) is 13.7. The van der Waals surface area contributed by atoms with Crippen molar-refractivity contribution in [1.29, 1.82) is 0 Å². The van der Waals surface area contributed by atoms with Crippen LogP contribution in [0.5, 0.6) is 0 Å². The lowest BCUT2D eigenvalue weighted by molar-refractivity contribution is -0.150. The van der Waals surface area contributed by atoms with Crippen LogP contribution < -0.4 is 0 Å². The number of amides is 1. The van der Waals surface area contributed by atoms with Crippen LogP contribution in [-0.2, 0) is 16.1 Å². The van der Waals surface area contributed by atoms with E-state index < -0.39 is 5.60 Å². The molecule has 22 heavy (non-hydrogen) atoms. The van der Waals surface area contributed by atoms with E-state index in [1.165, 1.54) is 5.56 Å². The number of rotatable bonds is 3. The fourth-order valence-electron chi connectivity index (χ4n) is 3.29. The summed E-state index contributed by atoms with van der Waals surface area (Å²) in [6.45, 7) is 8.00. The molecule has 4 heteroatoms. The van der Waals surface area contributed by atoms with Gasteiger partial charge in [0.2, 0.25) is 0 Å². The lowest BCUT2D eigenvalue weighted by Crippen LogP contribution is -2.65. The number of nitrogens with zero attached hydrogens (tertiary/aromatic N) is 1. The highest BCUT2D eigenvalue weighted by atomic mass is 16.6. The maximum atomic E-state index is 11.9. The molecule has 120 valence electrons. The van der Waals surface area contributed by atoms with Crippen molar-refractivity contribution >= 4 is 6.09 Å². The summed E-state index contributed by atoms with van der Waals surface area (Å²) in [6, 6.07) is 10.3. The van der Waals surface area contributed by atoms with E-state index in [0.29, 0.717) is 12.7 Å². The number of benzene rings is 1. The maximum Gasteiger partial charge on any atom is 0.410 e. The fourth-order valence-corrected chi connectivity index (χ4v) is 3.29. The van der Waals surface area contributed by atoms with E-state index in [9.17, 15) is 4.79 Å². The Hall–Kier alpha value is -1.55. The first-order valence-electron chi connectivity index (χ1n) is 7.99. The van der Waals surface area contributed by atoms with E-state index in [0.717, 1.165) is 25.9 Å². The number of hydrogen-bond donors (Lipinski definition) is 0. The van der Waals surface area contributed by atoms with Crippen molar-refractivity contribution in [2.45, 2.75) is 51.9 Å². The van der Waals surface area contributed by atoms with E-state index in [4.69, 9.17) is 9.47 Å². The first-order valence-corrected chi connectivity index (χ1v) is 7.99. The van der Waals surface area contributed by atoms with Gasteiger partial charge in [0, 0.05) is 18.5 Å². The Morgan fingerprint density at radius 2 is 1.86 bits per heavy atom. The first kappa shape index (κ1) is 15.3. The van der Waals surface area contributed by atoms with Crippen molar-refractivity contribution in [3.05, 3.63) is 35.9 Å². The zero-order valence-corrected chi connectivity index (χ0v) is 13.7. The normalized spacial score (nSPS) is 20.4. The van der Waals surface area contributed by atoms with Crippen molar-refractivity contribution in [2.75, 3.05) is 13.1 Å². The second kappa shape index (κ2) is 5.58. The standard InChI is InChI=1S/C18H25NO3/c1-17(2,3)22-16(20)19-12-18(13-19)9-15(10-18)21-11-14-7-5-4-6-8-14/h4-8,15H,9-13H2,1-3H3. The third kappa shape index (κ3) is 3.43. The molecule has 0 aromatic heterocycles. The van der Waals surface area contributed by atoms with Crippen LogP contribution >= 0.6 is 0 Å². The van der Waals surface area contributed by atoms with Crippen LogP contribution in [0.15, 0.2) is 30.3 Å². The minimum absolute atomic E-state index is 0.188. The Labute approximate surface area is 132 Å². The lowest BCUT2D eigenvalue weighted by atomic mass is 9.62. The monoisotopic (exact) mass is 303 g/mol. The lowest BCUT2D eigenvalue weighted by Gasteiger charge is -2.58. The van der Waals surface area contributed by atoms with Gasteiger partial charge in [0.15, 0.2) is 0 Å². The SMILES string of the molecule is CC(C)(C)OC(=O)N1CC2(CC(OCc3ccccc3)C2)C1. The number of carbonyl (C=O) groups is 1. The van der Waals surface area contributed by atoms with Gasteiger partial charge in [0.25, 0.3) is 0 Å². The highest BCUT2D eigenvalue weighted by Gasteiger charge is 2.54. The molecular formula is C18H25NO3. The van der Waals surface area contributed by atoms with Crippen LogP contribution in [0, 0.1) is 5.41 Å². The van der Waals surface area contributed by atoms with E-state index >= 15 is 0 Å². The molecule has 1 spiro atoms. The quantitative estimate of drug-likeness (QED) is 0.856. The molecule has 0 N–H and O–H groups in total. The van der Waals surface area contributed by atoms with E-state index in [1.54, 1.807) is 4.90 Å². The summed E-state index contributed by atoms with van der Waals surface area (Å²) in [6.07, 6.45) is 2.26. The molecular weight excluding hydrogens is 278 g/mol. The second-order valence-corrected chi connectivity index (χ2v) is 7.66. The number of ether oxygens (including phenoxy) is 2. The van der Waals surface area contributed by atoms with Gasteiger partial charge in [-0.15, -0.1) is 0 Å². The first-order chi connectivity index (χ1) is 10.4. The van der Waals surface area contributed by atoms with E-state index in [-0.39, 0.29) is 11.5 Å². The maximum absolute atomic E-state index is 11.9. The number of likely N-dealkylation sites (tertiary alicyclic amines) is 1. The summed E-state index contributed by atoms with van der Waals surface area (Å²) >= 11 is 0. The predicted octanol–water partition coefficient (Wildman–Crippen LogP) is 3.60. The van der Waals surface area contributed by atoms with Crippen LogP contribution in [0.3, 0.4) is 0 Å². The molecule has 1 aliphatic heterocycles. The Balaban J connectivity index is 1.37. The van der Waals surface area contributed by atoms with Gasteiger partial charge in [0.1, 0.15) is 5.60 Å². The molecule has 0 radical (unpaired) electrons. The van der Waals surface area contributed by atoms with Crippen molar-refractivity contribution in [1.82, 2.24) is 4.90 Å². The Morgan fingerprint density at radius 1 is 1.23 bits per heavy atom. The topological polar surface area (TPSA) is 38.8 Å². The zero-order valence-electron chi connectivity index (χ0n) is 13.7. The number of carbonyl (C=O) groups excluding carboxylic acids is 1. The molecule has 0 bridgehead atoms. The summed E-state index contributed by atoms with van der Waals surface area (Å²) in [5.41, 5.74) is 1.09. The zero-order chi connectivity index (χ0) is 15.8. The summed E-state index contributed by atoms with van der Waals surface area (Å²) in [5.74, 6) is 0. The Bertz CT molecular complexity index is 521. The summed E-state index contributed by atoms with van der Waals surface area (Å²) in [5, 5.41) is 0. The van der Waals surface area contributed by atoms with Gasteiger partial charge in [0.05, 0.1) is 12.7 Å². The van der Waals surface area contributed by atoms with Crippen LogP contribution in [0.25, 0.3) is 0 Å². The third-order valence-electron chi connectivity index (χ3n) is 4.35. The summed E-state index contributed by atoms with van der Waals surface area (Å²) < 4.78 is 11.3. The van der Waals surface area contributed by atoms with Gasteiger partial charge in [-0.05, 0) is 39.2 Å². The van der Waals surface area contributed by atoms with E-state index in [1.807, 2.05) is 39.0 Å². The molecule has 1 heterocycles. The molecule has 1 saturated heterocycles. The minimum Gasteiger partial charge on any atom is -0.444 e. The van der Waals surface area contributed by atoms with Gasteiger partial charge in [-0.1, -0.05) is 30.3 Å². The molecule has 2 aliphatic rings. The van der Waals surface area contributed by atoms with Crippen LogP contribution in [0.2, 0.25) is 0 Å². The van der Waals surface area contributed by atoms with Gasteiger partial charge < -0.3 is 14.4 Å². The Kier molecular flexibility index (Phi) is 3.89. The highest BCUT2D eigenvalue weighted by molar-refractivity contribution is 5.69. The molecule has 0 atom stereocenters. The molecule has 0 unspecified atom stereocenters. The second-order valence-electron chi connectivity index (χ2n) is 7.66.